The van der Waals surface area contributed by atoms with Gasteiger partial charge in [-0.05, 0) is 19.1 Å². The molecule has 0 amide bonds. The van der Waals surface area contributed by atoms with E-state index in [-0.39, 0.29) is 6.54 Å². The van der Waals surface area contributed by atoms with Gasteiger partial charge in [0.05, 0.1) is 26.0 Å². The Kier molecular flexibility index (Phi) is 6.73. The van der Waals surface area contributed by atoms with Gasteiger partial charge in [0.25, 0.3) is 0 Å². The van der Waals surface area contributed by atoms with Gasteiger partial charge in [-0.15, -0.1) is 0 Å². The standard InChI is InChI=1S/C13H22N2O5S/c1-5-20-13-10-11(6-7-12(13)19-4)14-21(16,17)15(2)8-9-18-3/h6-7,10,14H,5,8-9H2,1-4H3. The molecule has 0 atom stereocenters. The van der Waals surface area contributed by atoms with Crippen molar-refractivity contribution in [3.63, 3.8) is 0 Å². The maximum atomic E-state index is 12.1. The highest BCUT2D eigenvalue weighted by molar-refractivity contribution is 7.90. The molecule has 7 nitrogen and oxygen atoms in total. The molecule has 1 aromatic carbocycles. The minimum atomic E-state index is -3.63. The van der Waals surface area contributed by atoms with Crippen molar-refractivity contribution in [2.75, 3.05) is 45.7 Å². The molecule has 0 aliphatic carbocycles. The van der Waals surface area contributed by atoms with Crippen molar-refractivity contribution in [3.8, 4) is 11.5 Å². The molecule has 0 aliphatic heterocycles. The lowest BCUT2D eigenvalue weighted by Gasteiger charge is -2.18. The molecule has 1 N–H and O–H groups in total. The van der Waals surface area contributed by atoms with Crippen molar-refractivity contribution < 1.29 is 22.6 Å². The highest BCUT2D eigenvalue weighted by Gasteiger charge is 2.18. The number of likely N-dealkylation sites (N-methyl/N-ethyl adjacent to an activating group) is 1. The average Bonchev–Trinajstić information content (AvgIpc) is 2.45. The Bertz CT molecular complexity index is 547. The molecule has 0 radical (unpaired) electrons. The topological polar surface area (TPSA) is 77.1 Å². The first-order valence-electron chi connectivity index (χ1n) is 6.48. The summed E-state index contributed by atoms with van der Waals surface area (Å²) in [4.78, 5) is 0. The van der Waals surface area contributed by atoms with Crippen molar-refractivity contribution >= 4 is 15.9 Å². The lowest BCUT2D eigenvalue weighted by molar-refractivity contribution is 0.185. The van der Waals surface area contributed by atoms with Crippen molar-refractivity contribution in [2.45, 2.75) is 6.92 Å². The van der Waals surface area contributed by atoms with E-state index in [0.29, 0.717) is 30.4 Å². The van der Waals surface area contributed by atoms with Crippen molar-refractivity contribution in [2.24, 2.45) is 0 Å². The number of rotatable bonds is 9. The molecule has 0 fully saturated rings. The minimum absolute atomic E-state index is 0.264. The van der Waals surface area contributed by atoms with Gasteiger partial charge in [-0.1, -0.05) is 0 Å². The van der Waals surface area contributed by atoms with Crippen molar-refractivity contribution in [1.82, 2.24) is 4.31 Å². The Morgan fingerprint density at radius 1 is 1.24 bits per heavy atom. The molecule has 21 heavy (non-hydrogen) atoms. The van der Waals surface area contributed by atoms with Crippen LogP contribution in [0.3, 0.4) is 0 Å². The predicted molar refractivity (Wildman–Crippen MR) is 81.2 cm³/mol. The molecule has 0 heterocycles. The number of hydrogen-bond acceptors (Lipinski definition) is 5. The first kappa shape index (κ1) is 17.5. The predicted octanol–water partition coefficient (Wildman–Crippen LogP) is 1.33. The summed E-state index contributed by atoms with van der Waals surface area (Å²) < 4.78 is 43.3. The Hall–Kier alpha value is -1.51. The van der Waals surface area contributed by atoms with Crippen LogP contribution in [0.5, 0.6) is 11.5 Å². The van der Waals surface area contributed by atoms with Gasteiger partial charge in [0.1, 0.15) is 0 Å². The molecule has 0 saturated carbocycles. The molecule has 0 aliphatic rings. The van der Waals surface area contributed by atoms with Crippen molar-refractivity contribution in [1.29, 1.82) is 0 Å². The van der Waals surface area contributed by atoms with Crippen LogP contribution in [0, 0.1) is 0 Å². The van der Waals surface area contributed by atoms with Gasteiger partial charge in [0.15, 0.2) is 11.5 Å². The Morgan fingerprint density at radius 2 is 1.95 bits per heavy atom. The quantitative estimate of drug-likeness (QED) is 0.743. The minimum Gasteiger partial charge on any atom is -0.493 e. The zero-order chi connectivity index (χ0) is 15.9. The second kappa shape index (κ2) is 8.06. The Morgan fingerprint density at radius 3 is 2.52 bits per heavy atom. The normalized spacial score (nSPS) is 11.5. The van der Waals surface area contributed by atoms with Crippen LogP contribution in [0.25, 0.3) is 0 Å². The van der Waals surface area contributed by atoms with Crippen LogP contribution >= 0.6 is 0 Å². The van der Waals surface area contributed by atoms with E-state index in [1.807, 2.05) is 6.92 Å². The largest absolute Gasteiger partial charge is 0.493 e. The maximum absolute atomic E-state index is 12.1. The van der Waals surface area contributed by atoms with Crippen LogP contribution < -0.4 is 14.2 Å². The van der Waals surface area contributed by atoms with E-state index >= 15 is 0 Å². The number of nitrogens with zero attached hydrogens (tertiary/aromatic N) is 1. The van der Waals surface area contributed by atoms with Crippen molar-refractivity contribution in [3.05, 3.63) is 18.2 Å². The third kappa shape index (κ3) is 5.07. The molecular weight excluding hydrogens is 296 g/mol. The Balaban J connectivity index is 2.89. The fourth-order valence-corrected chi connectivity index (χ4v) is 2.47. The molecule has 0 saturated heterocycles. The summed E-state index contributed by atoms with van der Waals surface area (Å²) in [6, 6.07) is 4.85. The van der Waals surface area contributed by atoms with Gasteiger partial charge in [-0.3, -0.25) is 4.72 Å². The zero-order valence-electron chi connectivity index (χ0n) is 12.8. The van der Waals surface area contributed by atoms with Crippen LogP contribution in [-0.4, -0.2) is 53.7 Å². The monoisotopic (exact) mass is 318 g/mol. The van der Waals surface area contributed by atoms with Gasteiger partial charge in [0, 0.05) is 26.8 Å². The van der Waals surface area contributed by atoms with Gasteiger partial charge in [-0.25, -0.2) is 0 Å². The van der Waals surface area contributed by atoms with Gasteiger partial charge < -0.3 is 14.2 Å². The summed E-state index contributed by atoms with van der Waals surface area (Å²) in [5, 5.41) is 0. The average molecular weight is 318 g/mol. The number of methoxy groups -OCH3 is 2. The molecule has 0 aromatic heterocycles. The summed E-state index contributed by atoms with van der Waals surface area (Å²) in [6.45, 7) is 2.89. The van der Waals surface area contributed by atoms with E-state index in [0.717, 1.165) is 0 Å². The molecule has 1 rings (SSSR count). The van der Waals surface area contributed by atoms with E-state index in [9.17, 15) is 8.42 Å². The summed E-state index contributed by atoms with van der Waals surface area (Å²) in [6.07, 6.45) is 0. The van der Waals surface area contributed by atoms with E-state index < -0.39 is 10.2 Å². The molecule has 120 valence electrons. The number of anilines is 1. The molecule has 0 bridgehead atoms. The number of ether oxygens (including phenoxy) is 3. The summed E-state index contributed by atoms with van der Waals surface area (Å²) in [5.41, 5.74) is 0.406. The van der Waals surface area contributed by atoms with Crippen LogP contribution in [0.2, 0.25) is 0 Å². The summed E-state index contributed by atoms with van der Waals surface area (Å²) in [5.74, 6) is 1.03. The molecule has 0 spiro atoms. The van der Waals surface area contributed by atoms with Crippen LogP contribution in [0.15, 0.2) is 18.2 Å². The summed E-state index contributed by atoms with van der Waals surface area (Å²) in [7, 11) is 0.898. The summed E-state index contributed by atoms with van der Waals surface area (Å²) >= 11 is 0. The first-order valence-corrected chi connectivity index (χ1v) is 7.92. The molecule has 8 heteroatoms. The van der Waals surface area contributed by atoms with E-state index in [1.54, 1.807) is 18.2 Å². The third-order valence-electron chi connectivity index (χ3n) is 2.73. The number of nitrogens with one attached hydrogen (secondary N) is 1. The lowest BCUT2D eigenvalue weighted by Crippen LogP contribution is -2.34. The third-order valence-corrected chi connectivity index (χ3v) is 4.23. The second-order valence-electron chi connectivity index (χ2n) is 4.22. The van der Waals surface area contributed by atoms with Crippen LogP contribution in [0.4, 0.5) is 5.69 Å². The number of benzene rings is 1. The molecule has 1 aromatic rings. The molecular formula is C13H22N2O5S. The lowest BCUT2D eigenvalue weighted by atomic mass is 10.3. The fraction of sp³-hybridized carbons (Fsp3) is 0.538. The maximum Gasteiger partial charge on any atom is 0.301 e. The fourth-order valence-electron chi connectivity index (χ4n) is 1.58. The smallest absolute Gasteiger partial charge is 0.301 e. The molecule has 0 unspecified atom stereocenters. The Labute approximate surface area is 126 Å². The van der Waals surface area contributed by atoms with E-state index in [2.05, 4.69) is 4.72 Å². The zero-order valence-corrected chi connectivity index (χ0v) is 13.6. The second-order valence-corrected chi connectivity index (χ2v) is 6.00. The van der Waals surface area contributed by atoms with E-state index in [1.165, 1.54) is 25.6 Å². The highest BCUT2D eigenvalue weighted by atomic mass is 32.2. The highest BCUT2D eigenvalue weighted by Crippen LogP contribution is 2.30. The SMILES string of the molecule is CCOc1cc(NS(=O)(=O)N(C)CCOC)ccc1OC. The first-order chi connectivity index (χ1) is 9.94. The van der Waals surface area contributed by atoms with Crippen LogP contribution in [-0.2, 0) is 14.9 Å². The number of hydrogen-bond donors (Lipinski definition) is 1. The van der Waals surface area contributed by atoms with Crippen LogP contribution in [0.1, 0.15) is 6.92 Å². The van der Waals surface area contributed by atoms with Gasteiger partial charge in [-0.2, -0.15) is 12.7 Å². The van der Waals surface area contributed by atoms with E-state index in [4.69, 9.17) is 14.2 Å². The van der Waals surface area contributed by atoms with Gasteiger partial charge >= 0.3 is 10.2 Å². The van der Waals surface area contributed by atoms with Gasteiger partial charge in [0.2, 0.25) is 0 Å².